The van der Waals surface area contributed by atoms with Crippen molar-refractivity contribution in [2.75, 3.05) is 0 Å². The van der Waals surface area contributed by atoms with Crippen molar-refractivity contribution >= 4 is 5.84 Å². The van der Waals surface area contributed by atoms with Gasteiger partial charge in [-0.25, -0.2) is 0 Å². The predicted molar refractivity (Wildman–Crippen MR) is 67.3 cm³/mol. The van der Waals surface area contributed by atoms with Gasteiger partial charge in [-0.2, -0.15) is 0 Å². The molecule has 0 amide bonds. The van der Waals surface area contributed by atoms with Gasteiger partial charge in [-0.1, -0.05) is 6.92 Å². The molecule has 4 heteroatoms. The molecule has 1 aliphatic carbocycles. The summed E-state index contributed by atoms with van der Waals surface area (Å²) in [5.74, 6) is 1.47. The second-order valence-electron chi connectivity index (χ2n) is 4.79. The largest absolute Gasteiger partial charge is 0.488 e. The summed E-state index contributed by atoms with van der Waals surface area (Å²) in [6.07, 6.45) is 8.09. The van der Waals surface area contributed by atoms with Crippen LogP contribution < -0.4 is 10.5 Å². The maximum absolute atomic E-state index is 7.50. The van der Waals surface area contributed by atoms with Crippen LogP contribution in [0, 0.1) is 11.3 Å². The zero-order chi connectivity index (χ0) is 12.3. The molecule has 1 aromatic heterocycles. The van der Waals surface area contributed by atoms with Gasteiger partial charge in [-0.05, 0) is 37.7 Å². The van der Waals surface area contributed by atoms with Crippen LogP contribution in [0.2, 0.25) is 0 Å². The minimum atomic E-state index is 0.0339. The van der Waals surface area contributed by atoms with Crippen LogP contribution in [0.4, 0.5) is 0 Å². The molecule has 1 aromatic rings. The number of rotatable bonds is 3. The van der Waals surface area contributed by atoms with Crippen molar-refractivity contribution in [1.82, 2.24) is 4.98 Å². The lowest BCUT2D eigenvalue weighted by Gasteiger charge is -2.27. The molecule has 3 N–H and O–H groups in total. The van der Waals surface area contributed by atoms with Crippen molar-refractivity contribution in [1.29, 1.82) is 5.41 Å². The van der Waals surface area contributed by atoms with E-state index >= 15 is 0 Å². The minimum absolute atomic E-state index is 0.0339. The van der Waals surface area contributed by atoms with E-state index in [1.165, 1.54) is 12.8 Å². The van der Waals surface area contributed by atoms with Crippen LogP contribution in [0.5, 0.6) is 5.75 Å². The van der Waals surface area contributed by atoms with E-state index in [0.717, 1.165) is 18.8 Å². The van der Waals surface area contributed by atoms with Gasteiger partial charge in [0.15, 0.2) is 0 Å². The molecule has 92 valence electrons. The van der Waals surface area contributed by atoms with Crippen LogP contribution in [0.25, 0.3) is 0 Å². The quantitative estimate of drug-likeness (QED) is 0.621. The van der Waals surface area contributed by atoms with E-state index in [1.807, 2.05) is 0 Å². The summed E-state index contributed by atoms with van der Waals surface area (Å²) in [5.41, 5.74) is 6.15. The molecule has 0 aromatic carbocycles. The van der Waals surface area contributed by atoms with Crippen molar-refractivity contribution in [3.8, 4) is 5.75 Å². The van der Waals surface area contributed by atoms with Gasteiger partial charge >= 0.3 is 0 Å². The first-order valence-electron chi connectivity index (χ1n) is 6.12. The zero-order valence-electron chi connectivity index (χ0n) is 10.1. The molecular formula is C13H19N3O. The minimum Gasteiger partial charge on any atom is -0.488 e. The first-order valence-corrected chi connectivity index (χ1v) is 6.12. The number of nitrogens with zero attached hydrogens (tertiary/aromatic N) is 1. The van der Waals surface area contributed by atoms with Crippen LogP contribution in [0.15, 0.2) is 18.5 Å². The zero-order valence-corrected chi connectivity index (χ0v) is 10.1. The third-order valence-electron chi connectivity index (χ3n) is 3.33. The Morgan fingerprint density at radius 3 is 2.76 bits per heavy atom. The van der Waals surface area contributed by atoms with E-state index in [9.17, 15) is 0 Å². The Morgan fingerprint density at radius 1 is 1.41 bits per heavy atom. The van der Waals surface area contributed by atoms with E-state index in [-0.39, 0.29) is 11.9 Å². The van der Waals surface area contributed by atoms with Crippen molar-refractivity contribution in [2.45, 2.75) is 38.7 Å². The molecule has 2 rings (SSSR count). The van der Waals surface area contributed by atoms with Crippen molar-refractivity contribution in [3.05, 3.63) is 24.0 Å². The summed E-state index contributed by atoms with van der Waals surface area (Å²) in [6, 6.07) is 1.73. The monoisotopic (exact) mass is 233 g/mol. The van der Waals surface area contributed by atoms with E-state index < -0.39 is 0 Å². The molecule has 1 heterocycles. The molecule has 0 bridgehead atoms. The summed E-state index contributed by atoms with van der Waals surface area (Å²) in [5, 5.41) is 7.50. The van der Waals surface area contributed by atoms with Crippen molar-refractivity contribution in [2.24, 2.45) is 11.7 Å². The second kappa shape index (κ2) is 5.17. The van der Waals surface area contributed by atoms with Gasteiger partial charge in [-0.15, -0.1) is 0 Å². The predicted octanol–water partition coefficient (Wildman–Crippen LogP) is 2.32. The number of hydrogen-bond acceptors (Lipinski definition) is 3. The highest BCUT2D eigenvalue weighted by molar-refractivity contribution is 5.97. The third kappa shape index (κ3) is 2.96. The highest BCUT2D eigenvalue weighted by Gasteiger charge is 2.20. The highest BCUT2D eigenvalue weighted by Crippen LogP contribution is 2.28. The van der Waals surface area contributed by atoms with Gasteiger partial charge < -0.3 is 10.5 Å². The Labute approximate surface area is 102 Å². The Hall–Kier alpha value is -1.58. The van der Waals surface area contributed by atoms with Gasteiger partial charge in [0, 0.05) is 6.20 Å². The molecule has 0 aliphatic heterocycles. The fraction of sp³-hybridized carbons (Fsp3) is 0.538. The lowest BCUT2D eigenvalue weighted by molar-refractivity contribution is 0.135. The summed E-state index contributed by atoms with van der Waals surface area (Å²) in [6.45, 7) is 2.28. The Morgan fingerprint density at radius 2 is 2.12 bits per heavy atom. The molecule has 0 unspecified atom stereocenters. The molecule has 0 saturated heterocycles. The SMILES string of the molecule is CC1CCC(Oc2cnccc2C(=N)N)CC1. The van der Waals surface area contributed by atoms with Gasteiger partial charge in [0.25, 0.3) is 0 Å². The van der Waals surface area contributed by atoms with E-state index in [4.69, 9.17) is 15.9 Å². The normalized spacial score (nSPS) is 24.3. The van der Waals surface area contributed by atoms with E-state index in [0.29, 0.717) is 11.3 Å². The topological polar surface area (TPSA) is 72.0 Å². The lowest BCUT2D eigenvalue weighted by atomic mass is 9.89. The number of aromatic nitrogens is 1. The number of nitrogens with one attached hydrogen (secondary N) is 1. The van der Waals surface area contributed by atoms with Gasteiger partial charge in [0.05, 0.1) is 17.9 Å². The standard InChI is InChI=1S/C13H19N3O/c1-9-2-4-10(5-3-9)17-12-8-16-7-6-11(12)13(14)15/h6-10H,2-5H2,1H3,(H3,14,15). The fourth-order valence-electron chi connectivity index (χ4n) is 2.22. The fourth-order valence-corrected chi connectivity index (χ4v) is 2.22. The lowest BCUT2D eigenvalue weighted by Crippen LogP contribution is -2.24. The number of pyridine rings is 1. The van der Waals surface area contributed by atoms with Crippen LogP contribution >= 0.6 is 0 Å². The summed E-state index contributed by atoms with van der Waals surface area (Å²) in [4.78, 5) is 4.03. The van der Waals surface area contributed by atoms with Gasteiger partial charge in [0.2, 0.25) is 0 Å². The first-order chi connectivity index (χ1) is 8.16. The van der Waals surface area contributed by atoms with Gasteiger partial charge in [0.1, 0.15) is 11.6 Å². The maximum atomic E-state index is 7.50. The van der Waals surface area contributed by atoms with E-state index in [1.54, 1.807) is 18.5 Å². The van der Waals surface area contributed by atoms with Crippen LogP contribution in [-0.2, 0) is 0 Å². The van der Waals surface area contributed by atoms with Gasteiger partial charge in [-0.3, -0.25) is 10.4 Å². The molecule has 1 fully saturated rings. The summed E-state index contributed by atoms with van der Waals surface area (Å²) in [7, 11) is 0. The highest BCUT2D eigenvalue weighted by atomic mass is 16.5. The smallest absolute Gasteiger partial charge is 0.148 e. The first kappa shape index (κ1) is 11.9. The molecule has 0 radical (unpaired) electrons. The third-order valence-corrected chi connectivity index (χ3v) is 3.33. The average Bonchev–Trinajstić information content (AvgIpc) is 2.32. The molecule has 1 saturated carbocycles. The summed E-state index contributed by atoms with van der Waals surface area (Å²) >= 11 is 0. The molecule has 4 nitrogen and oxygen atoms in total. The second-order valence-corrected chi connectivity index (χ2v) is 4.79. The molecule has 0 spiro atoms. The Bertz CT molecular complexity index is 397. The summed E-state index contributed by atoms with van der Waals surface area (Å²) < 4.78 is 5.91. The van der Waals surface area contributed by atoms with E-state index in [2.05, 4.69) is 11.9 Å². The molecule has 0 atom stereocenters. The molecule has 17 heavy (non-hydrogen) atoms. The van der Waals surface area contributed by atoms with Crippen LogP contribution in [-0.4, -0.2) is 16.9 Å². The number of hydrogen-bond donors (Lipinski definition) is 2. The van der Waals surface area contributed by atoms with Crippen LogP contribution in [0.3, 0.4) is 0 Å². The molecule has 1 aliphatic rings. The Kier molecular flexibility index (Phi) is 3.61. The maximum Gasteiger partial charge on any atom is 0.148 e. The number of amidine groups is 1. The Balaban J connectivity index is 2.05. The van der Waals surface area contributed by atoms with Crippen LogP contribution in [0.1, 0.15) is 38.2 Å². The van der Waals surface area contributed by atoms with Crippen molar-refractivity contribution in [3.63, 3.8) is 0 Å². The number of ether oxygens (including phenoxy) is 1. The van der Waals surface area contributed by atoms with Crippen molar-refractivity contribution < 1.29 is 4.74 Å². The number of nitrogen functional groups attached to an aromatic ring is 1. The number of nitrogens with two attached hydrogens (primary N) is 1. The molecular weight excluding hydrogens is 214 g/mol. The average molecular weight is 233 g/mol.